The van der Waals surface area contributed by atoms with Gasteiger partial charge in [-0.05, 0) is 43.0 Å². The number of likely N-dealkylation sites (N-methyl/N-ethyl adjacent to an activating group) is 1. The molecule has 9 heteroatoms. The molecule has 0 aliphatic carbocycles. The minimum Gasteiger partial charge on any atom is -0.396 e. The molecular formula is C22H33ClN4O3S. The summed E-state index contributed by atoms with van der Waals surface area (Å²) in [5, 5.41) is 9.79. The standard InChI is InChI=1S/C22H33ClN4O3S/c1-5-6-14-31-17-27(15-18-8-10-19(23)11-9-18)20(21(24-2)26(4)16-29)22(30)25(3)12-7-13-28/h8-11,16,28H,2,5-7,12-15,17H2,1,3-4H3/b21-20+. The Morgan fingerprint density at radius 1 is 1.26 bits per heavy atom. The fourth-order valence-electron chi connectivity index (χ4n) is 2.79. The van der Waals surface area contributed by atoms with E-state index < -0.39 is 0 Å². The van der Waals surface area contributed by atoms with Gasteiger partial charge in [0, 0.05) is 38.8 Å². The first kappa shape index (κ1) is 27.0. The van der Waals surface area contributed by atoms with Crippen molar-refractivity contribution in [3.63, 3.8) is 0 Å². The summed E-state index contributed by atoms with van der Waals surface area (Å²) in [5.74, 6) is 1.41. The third-order valence-corrected chi connectivity index (χ3v) is 5.87. The average Bonchev–Trinajstić information content (AvgIpc) is 2.78. The molecule has 0 saturated heterocycles. The van der Waals surface area contributed by atoms with Crippen LogP contribution in [-0.4, -0.2) is 77.7 Å². The normalized spacial score (nSPS) is 11.5. The number of halogens is 1. The van der Waals surface area contributed by atoms with Gasteiger partial charge in [-0.2, -0.15) is 0 Å². The van der Waals surface area contributed by atoms with Gasteiger partial charge < -0.3 is 19.8 Å². The number of aliphatic imine (C=N–C) groups is 1. The second kappa shape index (κ2) is 14.9. The first-order valence-corrected chi connectivity index (χ1v) is 11.7. The zero-order chi connectivity index (χ0) is 23.2. The van der Waals surface area contributed by atoms with Crippen molar-refractivity contribution >= 4 is 42.4 Å². The summed E-state index contributed by atoms with van der Waals surface area (Å²) in [6.45, 7) is 6.54. The molecule has 0 unspecified atom stereocenters. The third kappa shape index (κ3) is 8.93. The Kier molecular flexibility index (Phi) is 13.0. The summed E-state index contributed by atoms with van der Waals surface area (Å²) in [4.78, 5) is 33.7. The summed E-state index contributed by atoms with van der Waals surface area (Å²) in [5.41, 5.74) is 1.27. The number of hydrogen-bond acceptors (Lipinski definition) is 6. The van der Waals surface area contributed by atoms with E-state index >= 15 is 0 Å². The van der Waals surface area contributed by atoms with Crippen molar-refractivity contribution in [1.29, 1.82) is 0 Å². The maximum absolute atomic E-state index is 13.4. The minimum absolute atomic E-state index is 0.0150. The number of rotatable bonds is 15. The van der Waals surface area contributed by atoms with E-state index in [9.17, 15) is 9.59 Å². The van der Waals surface area contributed by atoms with Gasteiger partial charge in [-0.25, -0.2) is 4.99 Å². The van der Waals surface area contributed by atoms with E-state index in [-0.39, 0.29) is 18.3 Å². The Balaban J connectivity index is 3.39. The zero-order valence-electron chi connectivity index (χ0n) is 18.6. The number of carbonyl (C=O) groups excluding carboxylic acids is 2. The molecule has 7 nitrogen and oxygen atoms in total. The molecule has 1 aromatic rings. The number of aliphatic hydroxyl groups is 1. The van der Waals surface area contributed by atoms with Gasteiger partial charge in [0.15, 0.2) is 5.82 Å². The highest BCUT2D eigenvalue weighted by molar-refractivity contribution is 7.99. The van der Waals surface area contributed by atoms with Crippen LogP contribution in [0, 0.1) is 0 Å². The number of carbonyl (C=O) groups is 2. The zero-order valence-corrected chi connectivity index (χ0v) is 20.2. The van der Waals surface area contributed by atoms with Crippen LogP contribution in [0.25, 0.3) is 0 Å². The topological polar surface area (TPSA) is 76.5 Å². The van der Waals surface area contributed by atoms with Gasteiger partial charge in [0.2, 0.25) is 6.41 Å². The number of thioether (sulfide) groups is 1. The molecule has 0 bridgehead atoms. The Labute approximate surface area is 194 Å². The maximum Gasteiger partial charge on any atom is 0.273 e. The Bertz CT molecular complexity index is 743. The van der Waals surface area contributed by atoms with Gasteiger partial charge in [0.05, 0.1) is 5.88 Å². The van der Waals surface area contributed by atoms with Crippen molar-refractivity contribution in [2.24, 2.45) is 4.99 Å². The number of benzene rings is 1. The summed E-state index contributed by atoms with van der Waals surface area (Å²) in [6, 6.07) is 7.44. The van der Waals surface area contributed by atoms with Crippen molar-refractivity contribution in [3.05, 3.63) is 46.4 Å². The Morgan fingerprint density at radius 2 is 1.94 bits per heavy atom. The predicted octanol–water partition coefficient (Wildman–Crippen LogP) is 3.43. The molecule has 1 aromatic carbocycles. The molecular weight excluding hydrogens is 436 g/mol. The molecule has 0 heterocycles. The first-order chi connectivity index (χ1) is 14.9. The van der Waals surface area contributed by atoms with Crippen LogP contribution in [0.1, 0.15) is 31.7 Å². The highest BCUT2D eigenvalue weighted by Gasteiger charge is 2.27. The van der Waals surface area contributed by atoms with E-state index in [4.69, 9.17) is 16.7 Å². The summed E-state index contributed by atoms with van der Waals surface area (Å²) in [7, 11) is 3.22. The smallest absolute Gasteiger partial charge is 0.273 e. The highest BCUT2D eigenvalue weighted by atomic mass is 35.5. The molecule has 172 valence electrons. The molecule has 0 aliphatic heterocycles. The molecule has 0 aliphatic rings. The fourth-order valence-corrected chi connectivity index (χ4v) is 3.98. The summed E-state index contributed by atoms with van der Waals surface area (Å²) >= 11 is 7.74. The van der Waals surface area contributed by atoms with Crippen molar-refractivity contribution in [2.45, 2.75) is 32.7 Å². The molecule has 0 atom stereocenters. The minimum atomic E-state index is -0.283. The Hall–Kier alpha value is -2.03. The molecule has 1 rings (SSSR count). The molecule has 0 fully saturated rings. The van der Waals surface area contributed by atoms with Crippen LogP contribution in [0.15, 0.2) is 40.8 Å². The first-order valence-electron chi connectivity index (χ1n) is 10.2. The number of aliphatic hydroxyl groups excluding tert-OH is 1. The SMILES string of the molecule is C=N/C(=C(/C(=O)N(C)CCCO)N(CSCCCC)Cc1ccc(Cl)cc1)N(C)C=O. The summed E-state index contributed by atoms with van der Waals surface area (Å²) in [6.07, 6.45) is 3.22. The van der Waals surface area contributed by atoms with Crippen LogP contribution in [0.3, 0.4) is 0 Å². The lowest BCUT2D eigenvalue weighted by Gasteiger charge is -2.31. The molecule has 31 heavy (non-hydrogen) atoms. The highest BCUT2D eigenvalue weighted by Crippen LogP contribution is 2.23. The molecule has 0 radical (unpaired) electrons. The fraction of sp³-hybridized carbons (Fsp3) is 0.500. The average molecular weight is 469 g/mol. The number of amides is 2. The van der Waals surface area contributed by atoms with Crippen LogP contribution < -0.4 is 0 Å². The number of hydrogen-bond donors (Lipinski definition) is 1. The van der Waals surface area contributed by atoms with Crippen molar-refractivity contribution in [2.75, 3.05) is 38.9 Å². The van der Waals surface area contributed by atoms with Gasteiger partial charge in [-0.3, -0.25) is 9.59 Å². The lowest BCUT2D eigenvalue weighted by Crippen LogP contribution is -2.39. The van der Waals surface area contributed by atoms with Crippen LogP contribution in [0.5, 0.6) is 0 Å². The van der Waals surface area contributed by atoms with E-state index in [0.29, 0.717) is 42.5 Å². The van der Waals surface area contributed by atoms with Gasteiger partial charge in [-0.1, -0.05) is 37.1 Å². The van der Waals surface area contributed by atoms with E-state index in [0.717, 1.165) is 24.2 Å². The molecule has 1 N–H and O–H groups in total. The lowest BCUT2D eigenvalue weighted by atomic mass is 10.2. The molecule has 0 aromatic heterocycles. The second-order valence-electron chi connectivity index (χ2n) is 7.07. The van der Waals surface area contributed by atoms with Crippen LogP contribution in [-0.2, 0) is 16.1 Å². The largest absolute Gasteiger partial charge is 0.396 e. The van der Waals surface area contributed by atoms with Crippen LogP contribution in [0.4, 0.5) is 0 Å². The quantitative estimate of drug-likeness (QED) is 0.140. The van der Waals surface area contributed by atoms with Crippen LogP contribution >= 0.6 is 23.4 Å². The Morgan fingerprint density at radius 3 is 2.48 bits per heavy atom. The van der Waals surface area contributed by atoms with Crippen molar-refractivity contribution in [3.8, 4) is 0 Å². The van der Waals surface area contributed by atoms with Crippen molar-refractivity contribution in [1.82, 2.24) is 14.7 Å². The van der Waals surface area contributed by atoms with Gasteiger partial charge in [-0.15, -0.1) is 11.8 Å². The lowest BCUT2D eigenvalue weighted by molar-refractivity contribution is -0.127. The van der Waals surface area contributed by atoms with E-state index in [2.05, 4.69) is 18.6 Å². The van der Waals surface area contributed by atoms with E-state index in [1.165, 1.54) is 9.80 Å². The monoisotopic (exact) mass is 468 g/mol. The third-order valence-electron chi connectivity index (χ3n) is 4.55. The second-order valence-corrected chi connectivity index (χ2v) is 8.58. The molecule has 0 spiro atoms. The maximum atomic E-state index is 13.4. The van der Waals surface area contributed by atoms with Gasteiger partial charge in [0.25, 0.3) is 5.91 Å². The number of unbranched alkanes of at least 4 members (excludes halogenated alkanes) is 1. The van der Waals surface area contributed by atoms with Crippen molar-refractivity contribution < 1.29 is 14.7 Å². The predicted molar refractivity (Wildman–Crippen MR) is 129 cm³/mol. The van der Waals surface area contributed by atoms with Gasteiger partial charge in [0.1, 0.15) is 5.70 Å². The summed E-state index contributed by atoms with van der Waals surface area (Å²) < 4.78 is 0. The van der Waals surface area contributed by atoms with Gasteiger partial charge >= 0.3 is 0 Å². The molecule has 2 amide bonds. The number of nitrogens with zero attached hydrogens (tertiary/aromatic N) is 4. The van der Waals surface area contributed by atoms with E-state index in [1.807, 2.05) is 29.2 Å². The molecule has 0 saturated carbocycles. The van der Waals surface area contributed by atoms with E-state index in [1.54, 1.807) is 25.9 Å². The van der Waals surface area contributed by atoms with Crippen LogP contribution in [0.2, 0.25) is 5.02 Å².